The van der Waals surface area contributed by atoms with E-state index in [0.29, 0.717) is 19.0 Å². The molecule has 1 aromatic heterocycles. The van der Waals surface area contributed by atoms with E-state index in [1.807, 2.05) is 23.0 Å². The Hall–Kier alpha value is -0.796. The zero-order valence-corrected chi connectivity index (χ0v) is 15.6. The van der Waals surface area contributed by atoms with E-state index in [1.165, 1.54) is 29.5 Å². The van der Waals surface area contributed by atoms with Crippen molar-refractivity contribution >= 4 is 5.78 Å². The molecule has 1 aliphatic carbocycles. The predicted molar refractivity (Wildman–Crippen MR) is 77.5 cm³/mol. The number of hydrogen-bond donors (Lipinski definition) is 0. The summed E-state index contributed by atoms with van der Waals surface area (Å²) in [5.74, 6) is 0.271. The number of aromatic nitrogens is 2. The van der Waals surface area contributed by atoms with Gasteiger partial charge in [0.1, 0.15) is 0 Å². The molecule has 21 heavy (non-hydrogen) atoms. The Morgan fingerprint density at radius 2 is 1.90 bits per heavy atom. The topological polar surface area (TPSA) is 25.9 Å². The molecule has 0 unspecified atom stereocenters. The van der Waals surface area contributed by atoms with Crippen molar-refractivity contribution in [2.75, 3.05) is 0 Å². The summed E-state index contributed by atoms with van der Waals surface area (Å²) in [6.45, 7) is 4.63. The van der Waals surface area contributed by atoms with E-state index < -0.39 is 0 Å². The second-order valence-electron chi connectivity index (χ2n) is 5.79. The van der Waals surface area contributed by atoms with Crippen LogP contribution in [0.2, 0.25) is 0 Å². The molecule has 0 bridgehead atoms. The van der Waals surface area contributed by atoms with E-state index in [-0.39, 0.29) is 38.5 Å². The van der Waals surface area contributed by atoms with Gasteiger partial charge in [-0.05, 0) is 43.4 Å². The largest absolute Gasteiger partial charge is 0.292 e. The number of aryl methyl sites for hydroxylation is 2. The minimum Gasteiger partial charge on any atom is -0.292 e. The fourth-order valence-electron chi connectivity index (χ4n) is 2.76. The second kappa shape index (κ2) is 6.98. The Kier molecular flexibility index (Phi) is 5.50. The van der Waals surface area contributed by atoms with Gasteiger partial charge in [-0.15, -0.1) is 4.68 Å². The molecule has 0 aliphatic heterocycles. The van der Waals surface area contributed by atoms with Gasteiger partial charge in [0.05, 0.1) is 12.2 Å². The van der Waals surface area contributed by atoms with Crippen LogP contribution >= 0.6 is 0 Å². The summed E-state index contributed by atoms with van der Waals surface area (Å²) in [6, 6.07) is 8.83. The van der Waals surface area contributed by atoms with Gasteiger partial charge in [-0.1, -0.05) is 18.2 Å². The van der Waals surface area contributed by atoms with Crippen molar-refractivity contribution in [3.63, 3.8) is 0 Å². The minimum atomic E-state index is 0. The van der Waals surface area contributed by atoms with Crippen molar-refractivity contribution in [1.29, 1.82) is 0 Å². The third kappa shape index (κ3) is 3.89. The van der Waals surface area contributed by atoms with Crippen LogP contribution in [0.25, 0.3) is 0 Å². The molecule has 1 heterocycles. The van der Waals surface area contributed by atoms with E-state index in [0.717, 1.165) is 0 Å². The summed E-state index contributed by atoms with van der Waals surface area (Å²) in [5.41, 5.74) is 3.60. The van der Waals surface area contributed by atoms with Crippen molar-refractivity contribution in [1.82, 2.24) is 4.68 Å². The average molecular weight is 358 g/mol. The molecule has 1 radical (unpaired) electrons. The van der Waals surface area contributed by atoms with Gasteiger partial charge in [0.25, 0.3) is 0 Å². The number of benzene rings is 1. The van der Waals surface area contributed by atoms with Crippen molar-refractivity contribution in [3.05, 3.63) is 53.3 Å². The van der Waals surface area contributed by atoms with Gasteiger partial charge < -0.3 is 0 Å². The van der Waals surface area contributed by atoms with Gasteiger partial charge in [0.15, 0.2) is 6.20 Å². The number of hydrogen-bond acceptors (Lipinski definition) is 1. The predicted octanol–water partition coefficient (Wildman–Crippen LogP) is 2.54. The van der Waals surface area contributed by atoms with Crippen LogP contribution < -0.4 is 4.68 Å². The zero-order valence-electron chi connectivity index (χ0n) is 12.7. The molecule has 3 rings (SSSR count). The summed E-state index contributed by atoms with van der Waals surface area (Å²) in [5, 5.41) is 0. The summed E-state index contributed by atoms with van der Waals surface area (Å²) in [7, 11) is 0. The van der Waals surface area contributed by atoms with E-state index >= 15 is 0 Å². The third-order valence-electron chi connectivity index (χ3n) is 4.07. The van der Waals surface area contributed by atoms with Crippen molar-refractivity contribution in [3.8, 4) is 0 Å². The maximum atomic E-state index is 12.3. The van der Waals surface area contributed by atoms with Gasteiger partial charge >= 0.3 is 0 Å². The van der Waals surface area contributed by atoms with E-state index in [4.69, 9.17) is 0 Å². The minimum absolute atomic E-state index is 0. The number of Topliss-reactive ketones (excluding diaryl/α,β-unsaturated/α-hetero) is 1. The molecule has 2 aromatic rings. The molecule has 1 saturated carbocycles. The molecule has 0 spiro atoms. The third-order valence-corrected chi connectivity index (χ3v) is 4.07. The number of rotatable bonds is 5. The number of carbonyl (C=O) groups is 1. The van der Waals surface area contributed by atoms with Gasteiger partial charge in [-0.3, -0.25) is 4.79 Å². The number of ketones is 1. The van der Waals surface area contributed by atoms with Gasteiger partial charge in [-0.2, -0.15) is 4.68 Å². The molecule has 0 amide bonds. The first-order valence-electron chi connectivity index (χ1n) is 7.28. The van der Waals surface area contributed by atoms with Crippen LogP contribution in [0, 0.1) is 13.8 Å². The van der Waals surface area contributed by atoms with Crippen molar-refractivity contribution in [2.24, 2.45) is 0 Å². The molecule has 4 heteroatoms. The Morgan fingerprint density at radius 3 is 2.52 bits per heavy atom. The fraction of sp³-hybridized carbons (Fsp3) is 0.412. The van der Waals surface area contributed by atoms with Crippen LogP contribution in [0.5, 0.6) is 0 Å². The van der Waals surface area contributed by atoms with Crippen LogP contribution in [0.4, 0.5) is 0 Å². The molecule has 1 aromatic carbocycles. The zero-order chi connectivity index (χ0) is 14.1. The smallest absolute Gasteiger partial charge is 0.230 e. The molecular formula is C17H21N2OY+. The van der Waals surface area contributed by atoms with Gasteiger partial charge in [0.2, 0.25) is 12.3 Å². The van der Waals surface area contributed by atoms with E-state index in [1.54, 1.807) is 0 Å². The first-order chi connectivity index (χ1) is 9.65. The molecule has 0 N–H and O–H groups in total. The molecule has 0 saturated heterocycles. The standard InChI is InChI=1S/C17H21N2O.Y/c1-13-5-3-6-14(2)17(13)11-16(20)12-18-9-4-10-19(18)15-7-8-15;/h3-6,9-10,15H,7-8,11-12H2,1-2H3;/q+1;. The Labute approximate surface area is 151 Å². The summed E-state index contributed by atoms with van der Waals surface area (Å²) >= 11 is 0. The molecule has 3 nitrogen and oxygen atoms in total. The normalized spacial score (nSPS) is 13.8. The number of nitrogens with zero attached hydrogens (tertiary/aromatic N) is 2. The quantitative estimate of drug-likeness (QED) is 0.755. The molecule has 1 fully saturated rings. The number of carbonyl (C=O) groups excluding carboxylic acids is 1. The summed E-state index contributed by atoms with van der Waals surface area (Å²) in [6.07, 6.45) is 7.08. The maximum Gasteiger partial charge on any atom is 0.230 e. The first kappa shape index (κ1) is 16.6. The summed E-state index contributed by atoms with van der Waals surface area (Å²) in [4.78, 5) is 12.3. The van der Waals surface area contributed by atoms with Crippen LogP contribution in [0.1, 0.15) is 35.6 Å². The van der Waals surface area contributed by atoms with E-state index in [9.17, 15) is 4.79 Å². The van der Waals surface area contributed by atoms with Crippen LogP contribution in [0.3, 0.4) is 0 Å². The Morgan fingerprint density at radius 1 is 1.24 bits per heavy atom. The van der Waals surface area contributed by atoms with Crippen LogP contribution in [-0.4, -0.2) is 10.5 Å². The van der Waals surface area contributed by atoms with Crippen molar-refractivity contribution in [2.45, 2.75) is 45.7 Å². The molecule has 107 valence electrons. The van der Waals surface area contributed by atoms with E-state index in [2.05, 4.69) is 36.9 Å². The maximum absolute atomic E-state index is 12.3. The average Bonchev–Trinajstić information content (AvgIpc) is 3.15. The van der Waals surface area contributed by atoms with Crippen molar-refractivity contribution < 1.29 is 42.2 Å². The second-order valence-corrected chi connectivity index (χ2v) is 5.79. The summed E-state index contributed by atoms with van der Waals surface area (Å²) < 4.78 is 4.25. The molecular weight excluding hydrogens is 337 g/mol. The Balaban J connectivity index is 0.00000161. The van der Waals surface area contributed by atoms with Crippen LogP contribution in [-0.2, 0) is 50.5 Å². The molecule has 0 atom stereocenters. The van der Waals surface area contributed by atoms with Crippen LogP contribution in [0.15, 0.2) is 36.7 Å². The Bertz CT molecular complexity index is 624. The molecule has 1 aliphatic rings. The first-order valence-corrected chi connectivity index (χ1v) is 7.28. The van der Waals surface area contributed by atoms with Gasteiger partial charge in [-0.25, -0.2) is 0 Å². The van der Waals surface area contributed by atoms with Gasteiger partial charge in [0, 0.05) is 45.2 Å². The monoisotopic (exact) mass is 358 g/mol. The SMILES string of the molecule is Cc1cccc(C)c1CC(=O)C[n+]1cccn1C1CC1.[Y]. The fourth-order valence-corrected chi connectivity index (χ4v) is 2.76.